The summed E-state index contributed by atoms with van der Waals surface area (Å²) >= 11 is 0. The quantitative estimate of drug-likeness (QED) is 0.591. The Bertz CT molecular complexity index is 551. The van der Waals surface area contributed by atoms with Gasteiger partial charge in [0.2, 0.25) is 0 Å². The minimum atomic E-state index is 0.769. The van der Waals surface area contributed by atoms with E-state index in [0.717, 1.165) is 43.7 Å². The van der Waals surface area contributed by atoms with Crippen molar-refractivity contribution >= 4 is 10.9 Å². The van der Waals surface area contributed by atoms with Gasteiger partial charge in [-0.05, 0) is 25.1 Å². The van der Waals surface area contributed by atoms with Gasteiger partial charge in [-0.3, -0.25) is 4.98 Å². The number of para-hydroxylation sites is 1. The first-order valence-electron chi connectivity index (χ1n) is 7.09. The lowest BCUT2D eigenvalue weighted by molar-refractivity contribution is 0.199. The van der Waals surface area contributed by atoms with Crippen molar-refractivity contribution in [3.63, 3.8) is 0 Å². The first-order chi connectivity index (χ1) is 9.90. The van der Waals surface area contributed by atoms with Crippen molar-refractivity contribution in [1.82, 2.24) is 10.3 Å². The van der Waals surface area contributed by atoms with Gasteiger partial charge in [-0.15, -0.1) is 0 Å². The second-order valence-corrected chi connectivity index (χ2v) is 4.70. The summed E-state index contributed by atoms with van der Waals surface area (Å²) in [6.07, 6.45) is 6.33. The van der Waals surface area contributed by atoms with Gasteiger partial charge in [-0.1, -0.05) is 36.4 Å². The lowest BCUT2D eigenvalue weighted by atomic mass is 10.1. The van der Waals surface area contributed by atoms with Crippen molar-refractivity contribution in [3.8, 4) is 0 Å². The van der Waals surface area contributed by atoms with Gasteiger partial charge < -0.3 is 10.1 Å². The molecule has 0 radical (unpaired) electrons. The first kappa shape index (κ1) is 14.7. The maximum Gasteiger partial charge on any atom is 0.0705 e. The molecular formula is C17H22N2O. The highest BCUT2D eigenvalue weighted by Gasteiger charge is 1.95. The second-order valence-electron chi connectivity index (χ2n) is 4.70. The number of aromatic nitrogens is 1. The summed E-state index contributed by atoms with van der Waals surface area (Å²) in [4.78, 5) is 4.65. The molecule has 0 aliphatic heterocycles. The molecule has 106 valence electrons. The monoisotopic (exact) mass is 270 g/mol. The predicted octanol–water partition coefficient (Wildman–Crippen LogP) is 2.96. The number of hydrogen-bond donors (Lipinski definition) is 1. The van der Waals surface area contributed by atoms with Crippen LogP contribution in [0.25, 0.3) is 10.9 Å². The fourth-order valence-corrected chi connectivity index (χ4v) is 2.03. The average Bonchev–Trinajstić information content (AvgIpc) is 2.50. The molecule has 0 bridgehead atoms. The molecule has 2 aromatic rings. The van der Waals surface area contributed by atoms with Crippen LogP contribution in [-0.2, 0) is 11.2 Å². The topological polar surface area (TPSA) is 34.1 Å². The fourth-order valence-electron chi connectivity index (χ4n) is 2.03. The molecule has 3 heteroatoms. The number of methoxy groups -OCH3 is 1. The van der Waals surface area contributed by atoms with Crippen LogP contribution in [0.2, 0.25) is 0 Å². The number of hydrogen-bond acceptors (Lipinski definition) is 3. The molecule has 0 saturated carbocycles. The number of rotatable bonds is 8. The van der Waals surface area contributed by atoms with E-state index in [9.17, 15) is 0 Å². The van der Waals surface area contributed by atoms with E-state index in [2.05, 4.69) is 46.7 Å². The van der Waals surface area contributed by atoms with Gasteiger partial charge in [0.25, 0.3) is 0 Å². The van der Waals surface area contributed by atoms with Crippen LogP contribution in [0.3, 0.4) is 0 Å². The van der Waals surface area contributed by atoms with Crippen LogP contribution in [-0.4, -0.2) is 31.8 Å². The molecule has 0 atom stereocenters. The zero-order valence-electron chi connectivity index (χ0n) is 12.0. The van der Waals surface area contributed by atoms with E-state index in [-0.39, 0.29) is 0 Å². The van der Waals surface area contributed by atoms with Gasteiger partial charge in [0.15, 0.2) is 0 Å². The molecule has 0 aliphatic rings. The highest BCUT2D eigenvalue weighted by Crippen LogP contribution is 2.12. The van der Waals surface area contributed by atoms with Crippen molar-refractivity contribution in [2.24, 2.45) is 0 Å². The second kappa shape index (κ2) is 8.46. The number of nitrogens with one attached hydrogen (secondary N) is 1. The summed E-state index contributed by atoms with van der Waals surface area (Å²) in [5.74, 6) is 0. The molecule has 1 aromatic heterocycles. The molecule has 20 heavy (non-hydrogen) atoms. The van der Waals surface area contributed by atoms with Crippen LogP contribution in [0.5, 0.6) is 0 Å². The van der Waals surface area contributed by atoms with Crippen molar-refractivity contribution in [2.75, 3.05) is 26.8 Å². The highest BCUT2D eigenvalue weighted by atomic mass is 16.5. The van der Waals surface area contributed by atoms with Crippen LogP contribution in [0, 0.1) is 0 Å². The zero-order chi connectivity index (χ0) is 14.0. The van der Waals surface area contributed by atoms with Crippen molar-refractivity contribution in [1.29, 1.82) is 0 Å². The number of nitrogens with zero attached hydrogens (tertiary/aromatic N) is 1. The molecule has 2 rings (SSSR count). The minimum Gasteiger partial charge on any atom is -0.383 e. The average molecular weight is 270 g/mol. The maximum atomic E-state index is 4.97. The normalized spacial score (nSPS) is 11.4. The van der Waals surface area contributed by atoms with E-state index >= 15 is 0 Å². The zero-order valence-corrected chi connectivity index (χ0v) is 12.0. The minimum absolute atomic E-state index is 0.769. The van der Waals surface area contributed by atoms with E-state index in [1.165, 1.54) is 5.39 Å². The number of pyridine rings is 1. The van der Waals surface area contributed by atoms with Gasteiger partial charge in [0.05, 0.1) is 12.1 Å². The summed E-state index contributed by atoms with van der Waals surface area (Å²) in [7, 11) is 1.72. The Hall–Kier alpha value is -1.71. The Kier molecular flexibility index (Phi) is 6.21. The molecule has 0 spiro atoms. The Morgan fingerprint density at radius 1 is 1.10 bits per heavy atom. The third-order valence-corrected chi connectivity index (χ3v) is 3.12. The van der Waals surface area contributed by atoms with E-state index in [4.69, 9.17) is 4.74 Å². The Morgan fingerprint density at radius 2 is 2.00 bits per heavy atom. The molecular weight excluding hydrogens is 248 g/mol. The van der Waals surface area contributed by atoms with Crippen LogP contribution in [0.15, 0.2) is 48.6 Å². The Balaban J connectivity index is 1.75. The van der Waals surface area contributed by atoms with Crippen molar-refractivity contribution in [2.45, 2.75) is 12.8 Å². The number of benzene rings is 1. The van der Waals surface area contributed by atoms with E-state index < -0.39 is 0 Å². The molecule has 3 nitrogen and oxygen atoms in total. The molecule has 1 aromatic carbocycles. The van der Waals surface area contributed by atoms with Crippen molar-refractivity contribution in [3.05, 3.63) is 54.2 Å². The third-order valence-electron chi connectivity index (χ3n) is 3.12. The summed E-state index contributed by atoms with van der Waals surface area (Å²) in [5, 5.41) is 4.51. The molecule has 1 heterocycles. The standard InChI is InChI=1S/C17H22N2O/c1-20-14-13-18-12-6-2-3-8-16-11-10-15-7-4-5-9-17(15)19-16/h2-5,7,9-11,18H,6,8,12-14H2,1H3. The summed E-state index contributed by atoms with van der Waals surface area (Å²) in [6, 6.07) is 12.5. The number of fused-ring (bicyclic) bond motifs is 1. The molecule has 1 N–H and O–H groups in total. The SMILES string of the molecule is COCCNCCC=CCc1ccc2ccccc2n1. The number of ether oxygens (including phenoxy) is 1. The number of allylic oxidation sites excluding steroid dienone is 1. The van der Waals surface area contributed by atoms with Crippen molar-refractivity contribution < 1.29 is 4.74 Å². The maximum absolute atomic E-state index is 4.97. The fraction of sp³-hybridized carbons (Fsp3) is 0.353. The Morgan fingerprint density at radius 3 is 2.90 bits per heavy atom. The molecule has 0 amide bonds. The van der Waals surface area contributed by atoms with Gasteiger partial charge >= 0.3 is 0 Å². The Labute approximate surface area is 120 Å². The largest absolute Gasteiger partial charge is 0.383 e. The van der Waals surface area contributed by atoms with E-state index in [0.29, 0.717) is 0 Å². The van der Waals surface area contributed by atoms with Crippen LogP contribution < -0.4 is 5.32 Å². The summed E-state index contributed by atoms with van der Waals surface area (Å²) < 4.78 is 4.97. The van der Waals surface area contributed by atoms with Gasteiger partial charge in [-0.2, -0.15) is 0 Å². The molecule has 0 saturated heterocycles. The van der Waals surface area contributed by atoms with Gasteiger partial charge in [0, 0.05) is 31.2 Å². The van der Waals surface area contributed by atoms with Crippen LogP contribution in [0.1, 0.15) is 12.1 Å². The lowest BCUT2D eigenvalue weighted by Crippen LogP contribution is -2.19. The third kappa shape index (κ3) is 4.76. The van der Waals surface area contributed by atoms with Gasteiger partial charge in [-0.25, -0.2) is 0 Å². The smallest absolute Gasteiger partial charge is 0.0705 e. The molecule has 0 unspecified atom stereocenters. The first-order valence-corrected chi connectivity index (χ1v) is 7.09. The van der Waals surface area contributed by atoms with E-state index in [1.807, 2.05) is 12.1 Å². The van der Waals surface area contributed by atoms with Crippen LogP contribution in [0.4, 0.5) is 0 Å². The van der Waals surface area contributed by atoms with E-state index in [1.54, 1.807) is 7.11 Å². The van der Waals surface area contributed by atoms with Crippen LogP contribution >= 0.6 is 0 Å². The molecule has 0 fully saturated rings. The predicted molar refractivity (Wildman–Crippen MR) is 83.9 cm³/mol. The van der Waals surface area contributed by atoms with Gasteiger partial charge in [0.1, 0.15) is 0 Å². The summed E-state index contributed by atoms with van der Waals surface area (Å²) in [5.41, 5.74) is 2.19. The summed E-state index contributed by atoms with van der Waals surface area (Å²) in [6.45, 7) is 2.67. The lowest BCUT2D eigenvalue weighted by Gasteiger charge is -2.01. The molecule has 0 aliphatic carbocycles. The highest BCUT2D eigenvalue weighted by molar-refractivity contribution is 5.78.